The monoisotopic (exact) mass is 268 g/mol. The van der Waals surface area contributed by atoms with E-state index in [1.165, 1.54) is 30.0 Å². The maximum atomic E-state index is 11.4. The van der Waals surface area contributed by atoms with Gasteiger partial charge in [0.05, 0.1) is 17.2 Å². The molecule has 0 aromatic carbocycles. The molecule has 17 heavy (non-hydrogen) atoms. The molecule has 0 radical (unpaired) electrons. The number of esters is 1. The van der Waals surface area contributed by atoms with Crippen LogP contribution in [-0.4, -0.2) is 23.4 Å². The summed E-state index contributed by atoms with van der Waals surface area (Å²) in [5, 5.41) is 0.0534. The van der Waals surface area contributed by atoms with E-state index in [0.717, 1.165) is 4.88 Å². The van der Waals surface area contributed by atoms with E-state index in [0.29, 0.717) is 17.2 Å². The van der Waals surface area contributed by atoms with Crippen LogP contribution in [0.3, 0.4) is 0 Å². The van der Waals surface area contributed by atoms with E-state index >= 15 is 0 Å². The molecule has 0 aliphatic rings. The second kappa shape index (κ2) is 7.15. The lowest BCUT2D eigenvalue weighted by Crippen LogP contribution is -2.01. The standard InChI is InChI=1S/C12H12O3S2/c1-3-15-12(14)11-7-6-10(17-11)5-4-8-16-9(2)13/h6-7H,3,8H2,1-2H3. The summed E-state index contributed by atoms with van der Waals surface area (Å²) in [5.41, 5.74) is 0. The highest BCUT2D eigenvalue weighted by Gasteiger charge is 2.08. The summed E-state index contributed by atoms with van der Waals surface area (Å²) in [5.74, 6) is 5.93. The van der Waals surface area contributed by atoms with E-state index in [1.54, 1.807) is 19.1 Å². The minimum absolute atomic E-state index is 0.0534. The first kappa shape index (κ1) is 13.8. The largest absolute Gasteiger partial charge is 0.462 e. The zero-order chi connectivity index (χ0) is 12.7. The Morgan fingerprint density at radius 3 is 2.88 bits per heavy atom. The Hall–Kier alpha value is -1.25. The van der Waals surface area contributed by atoms with Gasteiger partial charge in [-0.3, -0.25) is 4.79 Å². The van der Waals surface area contributed by atoms with Gasteiger partial charge in [-0.2, -0.15) is 0 Å². The SMILES string of the molecule is CCOC(=O)c1ccc(C#CCSC(C)=O)s1. The number of ether oxygens (including phenoxy) is 1. The van der Waals surface area contributed by atoms with Crippen molar-refractivity contribution in [2.24, 2.45) is 0 Å². The van der Waals surface area contributed by atoms with Crippen LogP contribution in [0, 0.1) is 11.8 Å². The second-order valence-electron chi connectivity index (χ2n) is 2.97. The van der Waals surface area contributed by atoms with E-state index in [2.05, 4.69) is 11.8 Å². The molecule has 0 aliphatic carbocycles. The lowest BCUT2D eigenvalue weighted by Gasteiger charge is -1.95. The van der Waals surface area contributed by atoms with E-state index in [4.69, 9.17) is 4.74 Å². The first-order valence-corrected chi connectivity index (χ1v) is 6.83. The number of thioether (sulfide) groups is 1. The maximum Gasteiger partial charge on any atom is 0.348 e. The average Bonchev–Trinajstić information content (AvgIpc) is 2.73. The van der Waals surface area contributed by atoms with Gasteiger partial charge in [0.1, 0.15) is 4.88 Å². The van der Waals surface area contributed by atoms with Gasteiger partial charge in [-0.05, 0) is 19.1 Å². The molecule has 90 valence electrons. The van der Waals surface area contributed by atoms with Crippen LogP contribution in [0.15, 0.2) is 12.1 Å². The summed E-state index contributed by atoms with van der Waals surface area (Å²) < 4.78 is 4.87. The number of carbonyl (C=O) groups excluding carboxylic acids is 2. The summed E-state index contributed by atoms with van der Waals surface area (Å²) in [7, 11) is 0. The molecule has 0 N–H and O–H groups in total. The Morgan fingerprint density at radius 2 is 2.24 bits per heavy atom. The van der Waals surface area contributed by atoms with Crippen LogP contribution in [-0.2, 0) is 9.53 Å². The molecule has 0 fully saturated rings. The van der Waals surface area contributed by atoms with Gasteiger partial charge in [-0.15, -0.1) is 11.3 Å². The highest BCUT2D eigenvalue weighted by molar-refractivity contribution is 8.13. The van der Waals surface area contributed by atoms with Crippen molar-refractivity contribution < 1.29 is 14.3 Å². The van der Waals surface area contributed by atoms with Crippen LogP contribution in [0.25, 0.3) is 0 Å². The van der Waals surface area contributed by atoms with Gasteiger partial charge < -0.3 is 4.74 Å². The van der Waals surface area contributed by atoms with Gasteiger partial charge >= 0.3 is 5.97 Å². The molecule has 0 saturated carbocycles. The topological polar surface area (TPSA) is 43.4 Å². The van der Waals surface area contributed by atoms with Gasteiger partial charge in [0.15, 0.2) is 5.12 Å². The summed E-state index contributed by atoms with van der Waals surface area (Å²) in [6.07, 6.45) is 0. The lowest BCUT2D eigenvalue weighted by molar-refractivity contribution is -0.109. The summed E-state index contributed by atoms with van der Waals surface area (Å²) >= 11 is 2.47. The number of carbonyl (C=O) groups is 2. The first-order chi connectivity index (χ1) is 8.13. The Bertz CT molecular complexity index is 466. The van der Waals surface area contributed by atoms with Crippen molar-refractivity contribution in [2.45, 2.75) is 13.8 Å². The van der Waals surface area contributed by atoms with Crippen molar-refractivity contribution in [3.63, 3.8) is 0 Å². The quantitative estimate of drug-likeness (QED) is 0.624. The molecule has 0 unspecified atom stereocenters. The van der Waals surface area contributed by atoms with Gasteiger partial charge in [0, 0.05) is 6.92 Å². The minimum Gasteiger partial charge on any atom is -0.462 e. The highest BCUT2D eigenvalue weighted by Crippen LogP contribution is 2.16. The molecule has 0 spiro atoms. The summed E-state index contributed by atoms with van der Waals surface area (Å²) in [6.45, 7) is 3.65. The predicted molar refractivity (Wildman–Crippen MR) is 70.3 cm³/mol. The van der Waals surface area contributed by atoms with Gasteiger partial charge in [-0.25, -0.2) is 4.79 Å². The molecule has 1 aromatic heterocycles. The average molecular weight is 268 g/mol. The Kier molecular flexibility index (Phi) is 5.81. The second-order valence-corrected chi connectivity index (χ2v) is 5.20. The molecule has 1 aromatic rings. The fourth-order valence-electron chi connectivity index (χ4n) is 0.978. The van der Waals surface area contributed by atoms with Gasteiger partial charge in [0.25, 0.3) is 0 Å². The zero-order valence-corrected chi connectivity index (χ0v) is 11.2. The van der Waals surface area contributed by atoms with Crippen molar-refractivity contribution in [3.8, 4) is 11.8 Å². The third kappa shape index (κ3) is 5.07. The molecule has 5 heteroatoms. The molecule has 0 saturated heterocycles. The maximum absolute atomic E-state index is 11.4. The van der Waals surface area contributed by atoms with Crippen molar-refractivity contribution in [3.05, 3.63) is 21.9 Å². The predicted octanol–water partition coefficient (Wildman–Crippen LogP) is 2.56. The van der Waals surface area contributed by atoms with E-state index in [9.17, 15) is 9.59 Å². The highest BCUT2D eigenvalue weighted by atomic mass is 32.2. The molecule has 0 bridgehead atoms. The van der Waals surface area contributed by atoms with Crippen molar-refractivity contribution in [1.82, 2.24) is 0 Å². The molecule has 1 rings (SSSR count). The van der Waals surface area contributed by atoms with Gasteiger partial charge in [-0.1, -0.05) is 23.6 Å². The number of hydrogen-bond donors (Lipinski definition) is 0. The van der Waals surface area contributed by atoms with Crippen molar-refractivity contribution >= 4 is 34.2 Å². The van der Waals surface area contributed by atoms with Crippen molar-refractivity contribution in [2.75, 3.05) is 12.4 Å². The van der Waals surface area contributed by atoms with Crippen LogP contribution >= 0.6 is 23.1 Å². The first-order valence-electron chi connectivity index (χ1n) is 5.02. The van der Waals surface area contributed by atoms with Crippen molar-refractivity contribution in [1.29, 1.82) is 0 Å². The number of rotatable bonds is 3. The van der Waals surface area contributed by atoms with E-state index in [1.807, 2.05) is 0 Å². The van der Waals surface area contributed by atoms with Crippen LogP contribution < -0.4 is 0 Å². The number of hydrogen-bond acceptors (Lipinski definition) is 5. The Labute approximate surface area is 109 Å². The molecule has 0 atom stereocenters. The molecule has 0 amide bonds. The van der Waals surface area contributed by atoms with Gasteiger partial charge in [0.2, 0.25) is 0 Å². The molecule has 3 nitrogen and oxygen atoms in total. The van der Waals surface area contributed by atoms with Crippen LogP contribution in [0.1, 0.15) is 28.4 Å². The van der Waals surface area contributed by atoms with Crippen LogP contribution in [0.5, 0.6) is 0 Å². The Morgan fingerprint density at radius 1 is 1.47 bits per heavy atom. The van der Waals surface area contributed by atoms with E-state index < -0.39 is 0 Å². The summed E-state index contributed by atoms with van der Waals surface area (Å²) in [6, 6.07) is 3.48. The fourth-order valence-corrected chi connectivity index (χ4v) is 2.10. The summed E-state index contributed by atoms with van der Waals surface area (Å²) in [4.78, 5) is 23.4. The third-order valence-electron chi connectivity index (χ3n) is 1.64. The fraction of sp³-hybridized carbons (Fsp3) is 0.333. The molecule has 1 heterocycles. The smallest absolute Gasteiger partial charge is 0.348 e. The third-order valence-corrected chi connectivity index (χ3v) is 3.32. The lowest BCUT2D eigenvalue weighted by atomic mass is 10.4. The Balaban J connectivity index is 2.56. The number of thiophene rings is 1. The van der Waals surface area contributed by atoms with Crippen LogP contribution in [0.2, 0.25) is 0 Å². The molecule has 0 aliphatic heterocycles. The molecular formula is C12H12O3S2. The van der Waals surface area contributed by atoms with E-state index in [-0.39, 0.29) is 11.1 Å². The van der Waals surface area contributed by atoms with Crippen LogP contribution in [0.4, 0.5) is 0 Å². The zero-order valence-electron chi connectivity index (χ0n) is 9.61. The normalized spacial score (nSPS) is 9.29. The molecular weight excluding hydrogens is 256 g/mol. The minimum atomic E-state index is -0.316.